The maximum absolute atomic E-state index is 13.3. The highest BCUT2D eigenvalue weighted by Gasteiger charge is 2.38. The number of nitriles is 1. The van der Waals surface area contributed by atoms with Gasteiger partial charge in [-0.25, -0.2) is 4.98 Å². The van der Waals surface area contributed by atoms with E-state index in [9.17, 15) is 23.2 Å². The van der Waals surface area contributed by atoms with Crippen molar-refractivity contribution in [2.75, 3.05) is 6.61 Å². The van der Waals surface area contributed by atoms with Crippen LogP contribution in [0.4, 0.5) is 13.2 Å². The third kappa shape index (κ3) is 5.57. The van der Waals surface area contributed by atoms with Crippen LogP contribution in [-0.4, -0.2) is 37.4 Å². The monoisotopic (exact) mass is 472 g/mol. The molecule has 0 fully saturated rings. The molecule has 0 unspecified atom stereocenters. The SMILES string of the molecule is CCOc1nc(C)cc(CC(=O)CCc2cc(C)c(-c3cn(C)nc3C(F)(F)F)nn2)c1C#N. The second kappa shape index (κ2) is 9.99. The lowest BCUT2D eigenvalue weighted by Gasteiger charge is -2.10. The summed E-state index contributed by atoms with van der Waals surface area (Å²) in [5.74, 6) is 0.0817. The fourth-order valence-electron chi connectivity index (χ4n) is 3.58. The van der Waals surface area contributed by atoms with Crippen molar-refractivity contribution < 1.29 is 22.7 Å². The molecule has 0 aromatic carbocycles. The quantitative estimate of drug-likeness (QED) is 0.489. The van der Waals surface area contributed by atoms with Crippen molar-refractivity contribution >= 4 is 5.78 Å². The first-order valence-corrected chi connectivity index (χ1v) is 10.5. The van der Waals surface area contributed by atoms with E-state index in [1.165, 1.54) is 13.2 Å². The molecule has 3 aromatic heterocycles. The van der Waals surface area contributed by atoms with Gasteiger partial charge in [0.05, 0.1) is 23.6 Å². The molecule has 0 aliphatic heterocycles. The summed E-state index contributed by atoms with van der Waals surface area (Å²) in [6.45, 7) is 5.51. The summed E-state index contributed by atoms with van der Waals surface area (Å²) < 4.78 is 46.4. The standard InChI is InChI=1S/C23H23F3N6O2/c1-5-34-22-18(11-27)15(9-14(3)28-22)10-17(33)7-6-16-8-13(2)20(30-29-16)19-12-32(4)31-21(19)23(24,25)26/h8-9,12H,5-7,10H2,1-4H3. The fraction of sp³-hybridized carbons (Fsp3) is 0.391. The predicted molar refractivity (Wildman–Crippen MR) is 116 cm³/mol. The number of carbonyl (C=O) groups excluding carboxylic acids is 1. The van der Waals surface area contributed by atoms with E-state index < -0.39 is 11.9 Å². The van der Waals surface area contributed by atoms with Gasteiger partial charge in [0.25, 0.3) is 0 Å². The smallest absolute Gasteiger partial charge is 0.435 e. The summed E-state index contributed by atoms with van der Waals surface area (Å²) in [4.78, 5) is 16.8. The van der Waals surface area contributed by atoms with Gasteiger partial charge in [-0.05, 0) is 50.5 Å². The average Bonchev–Trinajstić information content (AvgIpc) is 3.14. The number of ether oxygens (including phenoxy) is 1. The zero-order valence-electron chi connectivity index (χ0n) is 19.2. The number of Topliss-reactive ketones (excluding diaryl/α,β-unsaturated/α-hetero) is 1. The van der Waals surface area contributed by atoms with Gasteiger partial charge in [0.15, 0.2) is 5.69 Å². The van der Waals surface area contributed by atoms with E-state index in [1.54, 1.807) is 32.9 Å². The summed E-state index contributed by atoms with van der Waals surface area (Å²) in [7, 11) is 1.40. The number of aromatic nitrogens is 5. The fourth-order valence-corrected chi connectivity index (χ4v) is 3.58. The molecule has 0 aliphatic rings. The van der Waals surface area contributed by atoms with Gasteiger partial charge in [-0.1, -0.05) is 0 Å². The number of hydrogen-bond acceptors (Lipinski definition) is 7. The van der Waals surface area contributed by atoms with E-state index in [0.29, 0.717) is 29.1 Å². The summed E-state index contributed by atoms with van der Waals surface area (Å²) in [5, 5.41) is 21.0. The van der Waals surface area contributed by atoms with Crippen molar-refractivity contribution in [3.8, 4) is 23.2 Å². The second-order valence-corrected chi connectivity index (χ2v) is 7.79. The van der Waals surface area contributed by atoms with Crippen LogP contribution in [0.15, 0.2) is 18.3 Å². The van der Waals surface area contributed by atoms with E-state index in [2.05, 4.69) is 26.3 Å². The number of alkyl halides is 3. The third-order valence-electron chi connectivity index (χ3n) is 5.02. The number of carbonyl (C=O) groups is 1. The molecule has 8 nitrogen and oxygen atoms in total. The molecular formula is C23H23F3N6O2. The van der Waals surface area contributed by atoms with Crippen LogP contribution in [0.3, 0.4) is 0 Å². The van der Waals surface area contributed by atoms with Crippen molar-refractivity contribution in [2.45, 2.75) is 46.2 Å². The molecule has 11 heteroatoms. The maximum Gasteiger partial charge on any atom is 0.435 e. The third-order valence-corrected chi connectivity index (χ3v) is 5.02. The second-order valence-electron chi connectivity index (χ2n) is 7.79. The van der Waals surface area contributed by atoms with Gasteiger partial charge in [-0.15, -0.1) is 5.10 Å². The maximum atomic E-state index is 13.3. The number of halogens is 3. The Morgan fingerprint density at radius 2 is 1.97 bits per heavy atom. The Balaban J connectivity index is 1.74. The minimum Gasteiger partial charge on any atom is -0.477 e. The van der Waals surface area contributed by atoms with Crippen LogP contribution in [-0.2, 0) is 30.9 Å². The summed E-state index contributed by atoms with van der Waals surface area (Å²) in [5.41, 5.74) is 1.30. The predicted octanol–water partition coefficient (Wildman–Crippen LogP) is 3.92. The van der Waals surface area contributed by atoms with E-state index in [1.807, 2.05) is 0 Å². The normalized spacial score (nSPS) is 11.4. The van der Waals surface area contributed by atoms with Gasteiger partial charge in [-0.2, -0.15) is 28.6 Å². The Morgan fingerprint density at radius 1 is 1.24 bits per heavy atom. The molecule has 3 heterocycles. The van der Waals surface area contributed by atoms with Gasteiger partial charge in [0.1, 0.15) is 17.4 Å². The Bertz CT molecular complexity index is 1260. The van der Waals surface area contributed by atoms with Gasteiger partial charge in [-0.3, -0.25) is 9.48 Å². The minimum atomic E-state index is -4.62. The lowest BCUT2D eigenvalue weighted by atomic mass is 10.00. The molecule has 0 saturated heterocycles. The van der Waals surface area contributed by atoms with Gasteiger partial charge in [0, 0.05) is 31.8 Å². The first kappa shape index (κ1) is 24.8. The van der Waals surface area contributed by atoms with Crippen LogP contribution in [0, 0.1) is 25.2 Å². The number of hydrogen-bond donors (Lipinski definition) is 0. The van der Waals surface area contributed by atoms with Crippen molar-refractivity contribution in [1.82, 2.24) is 25.0 Å². The lowest BCUT2D eigenvalue weighted by Crippen LogP contribution is -2.10. The van der Waals surface area contributed by atoms with Crippen LogP contribution in [0.25, 0.3) is 11.3 Å². The molecule has 178 valence electrons. The number of nitrogens with zero attached hydrogens (tertiary/aromatic N) is 6. The van der Waals surface area contributed by atoms with Gasteiger partial charge in [0.2, 0.25) is 5.88 Å². The summed E-state index contributed by atoms with van der Waals surface area (Å²) in [6, 6.07) is 5.36. The molecule has 0 bridgehead atoms. The molecular weight excluding hydrogens is 449 g/mol. The van der Waals surface area contributed by atoms with E-state index in [0.717, 1.165) is 4.68 Å². The van der Waals surface area contributed by atoms with Gasteiger partial charge < -0.3 is 4.74 Å². The van der Waals surface area contributed by atoms with E-state index in [4.69, 9.17) is 4.74 Å². The lowest BCUT2D eigenvalue weighted by molar-refractivity contribution is -0.141. The van der Waals surface area contributed by atoms with Crippen LogP contribution >= 0.6 is 0 Å². The molecule has 0 N–H and O–H groups in total. The first-order chi connectivity index (χ1) is 16.0. The van der Waals surface area contributed by atoms with E-state index >= 15 is 0 Å². The van der Waals surface area contributed by atoms with Gasteiger partial charge >= 0.3 is 6.18 Å². The number of aryl methyl sites for hydroxylation is 4. The highest BCUT2D eigenvalue weighted by Crippen LogP contribution is 2.36. The molecule has 0 radical (unpaired) electrons. The van der Waals surface area contributed by atoms with Crippen molar-refractivity contribution in [3.05, 3.63) is 52.1 Å². The largest absolute Gasteiger partial charge is 0.477 e. The topological polar surface area (TPSA) is 107 Å². The molecule has 0 atom stereocenters. The van der Waals surface area contributed by atoms with Crippen molar-refractivity contribution in [1.29, 1.82) is 5.26 Å². The Morgan fingerprint density at radius 3 is 2.59 bits per heavy atom. The molecule has 0 aliphatic carbocycles. The molecule has 3 aromatic rings. The zero-order chi connectivity index (χ0) is 25.0. The van der Waals surface area contributed by atoms with E-state index in [-0.39, 0.29) is 47.7 Å². The van der Waals surface area contributed by atoms with Crippen LogP contribution in [0.2, 0.25) is 0 Å². The molecule has 3 rings (SSSR count). The number of rotatable bonds is 8. The average molecular weight is 472 g/mol. The first-order valence-electron chi connectivity index (χ1n) is 10.5. The van der Waals surface area contributed by atoms with Crippen molar-refractivity contribution in [3.63, 3.8) is 0 Å². The summed E-state index contributed by atoms with van der Waals surface area (Å²) >= 11 is 0. The van der Waals surface area contributed by atoms with Crippen LogP contribution in [0.5, 0.6) is 5.88 Å². The zero-order valence-corrected chi connectivity index (χ0v) is 19.2. The van der Waals surface area contributed by atoms with Crippen LogP contribution < -0.4 is 4.74 Å². The minimum absolute atomic E-state index is 0.0292. The highest BCUT2D eigenvalue weighted by atomic mass is 19.4. The summed E-state index contributed by atoms with van der Waals surface area (Å²) in [6.07, 6.45) is -2.95. The Labute approximate surface area is 194 Å². The molecule has 0 amide bonds. The highest BCUT2D eigenvalue weighted by molar-refractivity contribution is 5.82. The van der Waals surface area contributed by atoms with Crippen LogP contribution in [0.1, 0.15) is 47.1 Å². The number of ketones is 1. The van der Waals surface area contributed by atoms with Crippen molar-refractivity contribution in [2.24, 2.45) is 7.05 Å². The molecule has 0 spiro atoms. The Hall–Kier alpha value is -3.81. The molecule has 0 saturated carbocycles. The number of pyridine rings is 1. The molecule has 34 heavy (non-hydrogen) atoms. The Kier molecular flexibility index (Phi) is 7.29.